The number of fused-ring (bicyclic) bond motifs is 1. The highest BCUT2D eigenvalue weighted by molar-refractivity contribution is 5.94. The molecule has 194 valence electrons. The predicted molar refractivity (Wildman–Crippen MR) is 147 cm³/mol. The normalized spacial score (nSPS) is 18.7. The molecule has 1 saturated heterocycles. The average Bonchev–Trinajstić information content (AvgIpc) is 3.58. The van der Waals surface area contributed by atoms with Gasteiger partial charge in [0.1, 0.15) is 17.3 Å². The topological polar surface area (TPSA) is 83.9 Å². The van der Waals surface area contributed by atoms with Crippen LogP contribution < -0.4 is 4.90 Å². The Morgan fingerprint density at radius 3 is 2.58 bits per heavy atom. The number of carboxylic acids is 1. The van der Waals surface area contributed by atoms with Crippen LogP contribution in [0.2, 0.25) is 0 Å². The van der Waals surface area contributed by atoms with Gasteiger partial charge >= 0.3 is 5.97 Å². The quantitative estimate of drug-likeness (QED) is 0.325. The monoisotopic (exact) mass is 508 g/mol. The number of allylic oxidation sites excluding steroid dienone is 1. The van der Waals surface area contributed by atoms with Crippen LogP contribution in [0, 0.1) is 19.3 Å². The molecule has 2 saturated carbocycles. The van der Waals surface area contributed by atoms with Crippen LogP contribution >= 0.6 is 0 Å². The number of carbonyl (C=O) groups is 1. The molecule has 1 aromatic carbocycles. The predicted octanol–water partition coefficient (Wildman–Crippen LogP) is 6.65. The van der Waals surface area contributed by atoms with Crippen LogP contribution in [0.15, 0.2) is 52.7 Å². The molecule has 4 heterocycles. The van der Waals surface area contributed by atoms with Gasteiger partial charge in [-0.05, 0) is 81.6 Å². The van der Waals surface area contributed by atoms with Gasteiger partial charge in [-0.1, -0.05) is 35.0 Å². The van der Waals surface area contributed by atoms with Crippen molar-refractivity contribution in [2.24, 2.45) is 5.41 Å². The third-order valence-corrected chi connectivity index (χ3v) is 8.85. The van der Waals surface area contributed by atoms with Crippen molar-refractivity contribution in [3.8, 4) is 11.3 Å². The highest BCUT2D eigenvalue weighted by atomic mass is 16.5. The number of rotatable bonds is 5. The van der Waals surface area contributed by atoms with E-state index in [0.29, 0.717) is 22.7 Å². The summed E-state index contributed by atoms with van der Waals surface area (Å²) in [4.78, 5) is 18.2. The van der Waals surface area contributed by atoms with Crippen molar-refractivity contribution >= 4 is 23.2 Å². The van der Waals surface area contributed by atoms with E-state index in [9.17, 15) is 9.90 Å². The van der Waals surface area contributed by atoms with E-state index in [-0.39, 0.29) is 5.69 Å². The Kier molecular flexibility index (Phi) is 5.25. The molecule has 7 heteroatoms. The number of aromatic nitrogens is 3. The van der Waals surface area contributed by atoms with Gasteiger partial charge < -0.3 is 18.9 Å². The number of carboxylic acid groups (broad SMARTS) is 1. The molecule has 0 radical (unpaired) electrons. The highest BCUT2D eigenvalue weighted by Crippen LogP contribution is 2.54. The first-order valence-corrected chi connectivity index (χ1v) is 13.6. The van der Waals surface area contributed by atoms with Crippen molar-refractivity contribution in [3.63, 3.8) is 0 Å². The number of nitrogens with zero attached hydrogens (tertiary/aromatic N) is 4. The van der Waals surface area contributed by atoms with Crippen molar-refractivity contribution in [3.05, 3.63) is 76.6 Å². The van der Waals surface area contributed by atoms with Crippen LogP contribution in [0.1, 0.15) is 77.6 Å². The van der Waals surface area contributed by atoms with Gasteiger partial charge in [0, 0.05) is 36.3 Å². The number of anilines is 1. The minimum absolute atomic E-state index is 0.115. The van der Waals surface area contributed by atoms with Gasteiger partial charge in [0.15, 0.2) is 5.69 Å². The maximum absolute atomic E-state index is 11.5. The number of benzene rings is 1. The Balaban J connectivity index is 1.08. The van der Waals surface area contributed by atoms with Gasteiger partial charge in [-0.3, -0.25) is 0 Å². The van der Waals surface area contributed by atoms with Crippen LogP contribution in [-0.2, 0) is 0 Å². The molecule has 7 rings (SSSR count). The van der Waals surface area contributed by atoms with Crippen LogP contribution in [-0.4, -0.2) is 38.7 Å². The number of pyridine rings is 1. The summed E-state index contributed by atoms with van der Waals surface area (Å²) in [5, 5.41) is 14.0. The van der Waals surface area contributed by atoms with Gasteiger partial charge in [-0.2, -0.15) is 0 Å². The lowest BCUT2D eigenvalue weighted by atomic mass is 9.60. The third-order valence-electron chi connectivity index (χ3n) is 8.85. The van der Waals surface area contributed by atoms with Crippen LogP contribution in [0.4, 0.5) is 5.69 Å². The van der Waals surface area contributed by atoms with Crippen molar-refractivity contribution < 1.29 is 14.4 Å². The molecule has 0 bridgehead atoms. The lowest BCUT2D eigenvalue weighted by molar-refractivity contribution is 0.0693. The molecule has 0 unspecified atom stereocenters. The number of hydrogen-bond acceptors (Lipinski definition) is 5. The van der Waals surface area contributed by atoms with E-state index < -0.39 is 5.97 Å². The zero-order valence-electron chi connectivity index (χ0n) is 21.9. The van der Waals surface area contributed by atoms with Gasteiger partial charge in [0.2, 0.25) is 0 Å². The molecule has 1 N–H and O–H groups in total. The second-order valence-corrected chi connectivity index (χ2v) is 11.5. The summed E-state index contributed by atoms with van der Waals surface area (Å²) in [6, 6.07) is 12.4. The van der Waals surface area contributed by atoms with Gasteiger partial charge in [-0.25, -0.2) is 9.78 Å². The zero-order valence-corrected chi connectivity index (χ0v) is 21.9. The molecule has 38 heavy (non-hydrogen) atoms. The van der Waals surface area contributed by atoms with E-state index in [2.05, 4.69) is 52.3 Å². The second kappa shape index (κ2) is 8.58. The summed E-state index contributed by atoms with van der Waals surface area (Å²) in [6.45, 7) is 6.01. The van der Waals surface area contributed by atoms with E-state index in [1.165, 1.54) is 29.5 Å². The van der Waals surface area contributed by atoms with Crippen molar-refractivity contribution in [2.45, 2.75) is 58.3 Å². The fourth-order valence-electron chi connectivity index (χ4n) is 6.50. The minimum atomic E-state index is -0.987. The Labute approximate surface area is 221 Å². The van der Waals surface area contributed by atoms with E-state index in [1.807, 2.05) is 29.7 Å². The van der Waals surface area contributed by atoms with Crippen molar-refractivity contribution in [2.75, 3.05) is 18.0 Å². The number of piperidine rings is 1. The summed E-state index contributed by atoms with van der Waals surface area (Å²) < 4.78 is 7.81. The fraction of sp³-hybridized carbons (Fsp3) is 0.387. The number of imidazole rings is 1. The summed E-state index contributed by atoms with van der Waals surface area (Å²) in [5.74, 6) is 1.31. The molecule has 3 aliphatic rings. The van der Waals surface area contributed by atoms with Gasteiger partial charge in [0.05, 0.1) is 11.2 Å². The number of aromatic carboxylic acids is 1. The SMILES string of the molecule is Cc1ccccc1-c1noc(C2CC2)c1C=C1CC2(CCN(c3ccc4c(C(=O)O)nc(C)n4c3)CC2)C1. The third kappa shape index (κ3) is 3.83. The van der Waals surface area contributed by atoms with E-state index in [1.54, 1.807) is 0 Å². The molecule has 3 aromatic heterocycles. The molecule has 3 fully saturated rings. The van der Waals surface area contributed by atoms with Crippen LogP contribution in [0.5, 0.6) is 0 Å². The molecule has 4 aromatic rings. The van der Waals surface area contributed by atoms with Gasteiger partial charge in [0.25, 0.3) is 0 Å². The summed E-state index contributed by atoms with van der Waals surface area (Å²) >= 11 is 0. The van der Waals surface area contributed by atoms with E-state index in [4.69, 9.17) is 4.52 Å². The van der Waals surface area contributed by atoms with Crippen LogP contribution in [0.3, 0.4) is 0 Å². The minimum Gasteiger partial charge on any atom is -0.476 e. The molecule has 1 aliphatic heterocycles. The van der Waals surface area contributed by atoms with Crippen molar-refractivity contribution in [1.29, 1.82) is 0 Å². The molecular weight excluding hydrogens is 476 g/mol. The Morgan fingerprint density at radius 2 is 1.87 bits per heavy atom. The Hall–Kier alpha value is -3.87. The smallest absolute Gasteiger partial charge is 0.356 e. The Morgan fingerprint density at radius 1 is 1.11 bits per heavy atom. The maximum atomic E-state index is 11.5. The zero-order chi connectivity index (χ0) is 26.0. The number of hydrogen-bond donors (Lipinski definition) is 1. The average molecular weight is 509 g/mol. The van der Waals surface area contributed by atoms with E-state index in [0.717, 1.165) is 61.5 Å². The summed E-state index contributed by atoms with van der Waals surface area (Å²) in [7, 11) is 0. The first kappa shape index (κ1) is 23.3. The maximum Gasteiger partial charge on any atom is 0.356 e. The molecule has 1 spiro atoms. The second-order valence-electron chi connectivity index (χ2n) is 11.5. The van der Waals surface area contributed by atoms with Crippen molar-refractivity contribution in [1.82, 2.24) is 14.5 Å². The van der Waals surface area contributed by atoms with E-state index >= 15 is 0 Å². The Bertz CT molecular complexity index is 1590. The van der Waals surface area contributed by atoms with Gasteiger partial charge in [-0.15, -0.1) is 0 Å². The molecule has 0 amide bonds. The first-order valence-electron chi connectivity index (χ1n) is 13.6. The first-order chi connectivity index (χ1) is 18.4. The summed E-state index contributed by atoms with van der Waals surface area (Å²) in [6.07, 6.45) is 11.4. The van der Waals surface area contributed by atoms with Crippen LogP contribution in [0.25, 0.3) is 22.9 Å². The summed E-state index contributed by atoms with van der Waals surface area (Å²) in [5.41, 5.74) is 8.36. The standard InChI is InChI=1S/C31H32N4O3/c1-19-5-3-4-6-24(19)27-25(29(38-33-27)22-7-8-22)15-21-16-31(17-21)11-13-34(14-12-31)23-9-10-26-28(30(36)37)32-20(2)35(26)18-23/h3-6,9-10,15,18,22H,7-8,11-14,16-17H2,1-2H3,(H,36,37). The molecular formula is C31H32N4O3. The fourth-order valence-corrected chi connectivity index (χ4v) is 6.50. The largest absolute Gasteiger partial charge is 0.476 e. The molecule has 0 atom stereocenters. The molecule has 2 aliphatic carbocycles. The molecule has 7 nitrogen and oxygen atoms in total. The lowest BCUT2D eigenvalue weighted by Crippen LogP contribution is -2.44. The number of aryl methyl sites for hydroxylation is 2. The lowest BCUT2D eigenvalue weighted by Gasteiger charge is -2.50. The highest BCUT2D eigenvalue weighted by Gasteiger charge is 2.43.